The van der Waals surface area contributed by atoms with Crippen LogP contribution in [-0.2, 0) is 4.79 Å². The fourth-order valence-electron chi connectivity index (χ4n) is 0.471. The number of carbonyl (C=O) groups is 1. The zero-order valence-electron chi connectivity index (χ0n) is 6.31. The van der Waals surface area contributed by atoms with Crippen molar-refractivity contribution < 1.29 is 4.79 Å². The largest absolute Gasteiger partial charge is 0.351 e. The fraction of sp³-hybridized carbons (Fsp3) is 0.571. The third-order valence-corrected chi connectivity index (χ3v) is 1.18. The molecule has 0 heterocycles. The van der Waals surface area contributed by atoms with E-state index in [9.17, 15) is 4.79 Å². The Labute approximate surface area is 61.3 Å². The molecule has 0 spiro atoms. The molecule has 0 saturated carbocycles. The second-order valence-corrected chi connectivity index (χ2v) is 2.00. The minimum Gasteiger partial charge on any atom is -0.351 e. The topological polar surface area (TPSA) is 55.1 Å². The van der Waals surface area contributed by atoms with E-state index in [0.717, 1.165) is 0 Å². The number of hydrogen-bond acceptors (Lipinski definition) is 2. The van der Waals surface area contributed by atoms with Crippen LogP contribution in [0.1, 0.15) is 13.3 Å². The Morgan fingerprint density at radius 1 is 1.70 bits per heavy atom. The van der Waals surface area contributed by atoms with Crippen LogP contribution < -0.4 is 11.1 Å². The Morgan fingerprint density at radius 2 is 2.30 bits per heavy atom. The first-order valence-corrected chi connectivity index (χ1v) is 3.38. The van der Waals surface area contributed by atoms with Gasteiger partial charge in [-0.1, -0.05) is 13.5 Å². The molecule has 0 fully saturated rings. The quantitative estimate of drug-likeness (QED) is 0.544. The smallest absolute Gasteiger partial charge is 0.246 e. The highest BCUT2D eigenvalue weighted by atomic mass is 16.1. The molecular formula is C7H14N2O. The van der Waals surface area contributed by atoms with Crippen molar-refractivity contribution in [3.8, 4) is 0 Å². The summed E-state index contributed by atoms with van der Waals surface area (Å²) in [6, 6.07) is 0. The van der Waals surface area contributed by atoms with E-state index in [4.69, 9.17) is 5.73 Å². The van der Waals surface area contributed by atoms with Crippen LogP contribution in [0.25, 0.3) is 0 Å². The van der Waals surface area contributed by atoms with Crippen molar-refractivity contribution in [3.05, 3.63) is 12.2 Å². The number of nitrogens with two attached hydrogens (primary N) is 1. The van der Waals surface area contributed by atoms with E-state index in [1.54, 1.807) is 0 Å². The van der Waals surface area contributed by atoms with Gasteiger partial charge < -0.3 is 11.1 Å². The Balaban J connectivity index is 3.52. The van der Waals surface area contributed by atoms with Gasteiger partial charge in [0.25, 0.3) is 0 Å². The summed E-state index contributed by atoms with van der Waals surface area (Å²) in [5.74, 6) is -0.0899. The van der Waals surface area contributed by atoms with Gasteiger partial charge in [-0.15, -0.1) is 0 Å². The van der Waals surface area contributed by atoms with E-state index < -0.39 is 0 Å². The van der Waals surface area contributed by atoms with Crippen molar-refractivity contribution in [3.63, 3.8) is 0 Å². The van der Waals surface area contributed by atoms with Gasteiger partial charge in [0.2, 0.25) is 5.91 Å². The molecule has 0 aromatic carbocycles. The molecule has 3 N–H and O–H groups in total. The molecule has 0 radical (unpaired) electrons. The molecular weight excluding hydrogens is 128 g/mol. The molecule has 0 rings (SSSR count). The van der Waals surface area contributed by atoms with Crippen molar-refractivity contribution in [2.45, 2.75) is 13.3 Å². The van der Waals surface area contributed by atoms with Gasteiger partial charge in [0, 0.05) is 18.7 Å². The Morgan fingerprint density at radius 3 is 2.70 bits per heavy atom. The van der Waals surface area contributed by atoms with Gasteiger partial charge in [0.15, 0.2) is 0 Å². The fourth-order valence-corrected chi connectivity index (χ4v) is 0.471. The third-order valence-electron chi connectivity index (χ3n) is 1.18. The molecule has 1 amide bonds. The lowest BCUT2D eigenvalue weighted by Crippen LogP contribution is -2.29. The third kappa shape index (κ3) is 3.25. The summed E-state index contributed by atoms with van der Waals surface area (Å²) in [7, 11) is 0. The lowest BCUT2D eigenvalue weighted by molar-refractivity contribution is -0.117. The summed E-state index contributed by atoms with van der Waals surface area (Å²) in [5, 5.41) is 2.62. The van der Waals surface area contributed by atoms with Gasteiger partial charge in [0.05, 0.1) is 0 Å². The van der Waals surface area contributed by atoms with E-state index in [-0.39, 0.29) is 5.91 Å². The van der Waals surface area contributed by atoms with Gasteiger partial charge in [-0.05, 0) is 6.42 Å². The summed E-state index contributed by atoms with van der Waals surface area (Å²) in [5.41, 5.74) is 5.78. The van der Waals surface area contributed by atoms with Crippen molar-refractivity contribution in [1.29, 1.82) is 0 Å². The molecule has 10 heavy (non-hydrogen) atoms. The Bertz CT molecular complexity index is 132. The molecule has 0 aromatic heterocycles. The highest BCUT2D eigenvalue weighted by Crippen LogP contribution is 1.93. The molecule has 0 bridgehead atoms. The van der Waals surface area contributed by atoms with E-state index in [2.05, 4.69) is 11.9 Å². The maximum atomic E-state index is 10.9. The molecule has 0 unspecified atom stereocenters. The van der Waals surface area contributed by atoms with Crippen LogP contribution in [0.4, 0.5) is 0 Å². The van der Waals surface area contributed by atoms with E-state index in [1.807, 2.05) is 6.92 Å². The van der Waals surface area contributed by atoms with E-state index in [0.29, 0.717) is 25.1 Å². The monoisotopic (exact) mass is 142 g/mol. The van der Waals surface area contributed by atoms with Crippen LogP contribution >= 0.6 is 0 Å². The van der Waals surface area contributed by atoms with Crippen LogP contribution in [0.15, 0.2) is 12.2 Å². The van der Waals surface area contributed by atoms with E-state index in [1.165, 1.54) is 0 Å². The van der Waals surface area contributed by atoms with Gasteiger partial charge in [-0.2, -0.15) is 0 Å². The first-order valence-electron chi connectivity index (χ1n) is 3.38. The Hall–Kier alpha value is -0.830. The first-order chi connectivity index (χ1) is 4.72. The maximum Gasteiger partial charge on any atom is 0.246 e. The van der Waals surface area contributed by atoms with Crippen LogP contribution in [0.2, 0.25) is 0 Å². The minimum atomic E-state index is -0.0899. The minimum absolute atomic E-state index is 0.0899. The van der Waals surface area contributed by atoms with Crippen LogP contribution in [0, 0.1) is 0 Å². The molecule has 0 aromatic rings. The second-order valence-electron chi connectivity index (χ2n) is 2.00. The van der Waals surface area contributed by atoms with Gasteiger partial charge in [-0.3, -0.25) is 4.79 Å². The molecule has 3 heteroatoms. The lowest BCUT2D eigenvalue weighted by Gasteiger charge is -2.02. The average molecular weight is 142 g/mol. The van der Waals surface area contributed by atoms with Gasteiger partial charge in [0.1, 0.15) is 0 Å². The average Bonchev–Trinajstić information content (AvgIpc) is 1.98. The number of carbonyl (C=O) groups excluding carboxylic acids is 1. The zero-order chi connectivity index (χ0) is 7.98. The van der Waals surface area contributed by atoms with Crippen molar-refractivity contribution in [2.75, 3.05) is 13.1 Å². The number of hydrogen-bond donors (Lipinski definition) is 2. The molecule has 0 aliphatic heterocycles. The van der Waals surface area contributed by atoms with E-state index >= 15 is 0 Å². The number of nitrogens with one attached hydrogen (secondary N) is 1. The van der Waals surface area contributed by atoms with Crippen molar-refractivity contribution in [2.24, 2.45) is 5.73 Å². The normalized spacial score (nSPS) is 9.00. The van der Waals surface area contributed by atoms with Crippen LogP contribution in [0.3, 0.4) is 0 Å². The number of amides is 1. The molecule has 0 atom stereocenters. The molecule has 0 aliphatic carbocycles. The molecule has 58 valence electrons. The predicted octanol–water partition coefficient (Wildman–Crippen LogP) is 0.0275. The summed E-state index contributed by atoms with van der Waals surface area (Å²) >= 11 is 0. The van der Waals surface area contributed by atoms with Crippen LogP contribution in [-0.4, -0.2) is 19.0 Å². The first kappa shape index (κ1) is 9.17. The van der Waals surface area contributed by atoms with Crippen molar-refractivity contribution in [1.82, 2.24) is 5.32 Å². The summed E-state index contributed by atoms with van der Waals surface area (Å²) in [6.07, 6.45) is 0.691. The second kappa shape index (κ2) is 4.99. The van der Waals surface area contributed by atoms with Crippen LogP contribution in [0.5, 0.6) is 0 Å². The summed E-state index contributed by atoms with van der Waals surface area (Å²) in [6.45, 7) is 6.47. The summed E-state index contributed by atoms with van der Waals surface area (Å²) in [4.78, 5) is 10.9. The maximum absolute atomic E-state index is 10.9. The standard InChI is InChI=1S/C7H14N2O/c1-3-6(2)7(10)9-5-4-8/h2-5,8H2,1H3,(H,9,10). The predicted molar refractivity (Wildman–Crippen MR) is 41.5 cm³/mol. The molecule has 3 nitrogen and oxygen atoms in total. The highest BCUT2D eigenvalue weighted by molar-refractivity contribution is 5.92. The molecule has 0 saturated heterocycles. The number of rotatable bonds is 4. The lowest BCUT2D eigenvalue weighted by atomic mass is 10.2. The summed E-state index contributed by atoms with van der Waals surface area (Å²) < 4.78 is 0. The van der Waals surface area contributed by atoms with Gasteiger partial charge in [-0.25, -0.2) is 0 Å². The highest BCUT2D eigenvalue weighted by Gasteiger charge is 2.00. The SMILES string of the molecule is C=C(CC)C(=O)NCCN. The molecule has 0 aliphatic rings. The van der Waals surface area contributed by atoms with Gasteiger partial charge >= 0.3 is 0 Å². The van der Waals surface area contributed by atoms with Crippen molar-refractivity contribution >= 4 is 5.91 Å². The Kier molecular flexibility index (Phi) is 4.58. The zero-order valence-corrected chi connectivity index (χ0v) is 6.31.